The molecule has 0 aliphatic heterocycles. The summed E-state index contributed by atoms with van der Waals surface area (Å²) in [6.45, 7) is 1.77. The van der Waals surface area contributed by atoms with Gasteiger partial charge in [-0.25, -0.2) is 12.8 Å². The predicted octanol–water partition coefficient (Wildman–Crippen LogP) is 4.20. The fourth-order valence-electron chi connectivity index (χ4n) is 3.41. The summed E-state index contributed by atoms with van der Waals surface area (Å²) >= 11 is 0. The van der Waals surface area contributed by atoms with Crippen LogP contribution in [0.15, 0.2) is 77.7 Å². The highest BCUT2D eigenvalue weighted by atomic mass is 32.2. The van der Waals surface area contributed by atoms with Crippen molar-refractivity contribution in [3.63, 3.8) is 0 Å². The third-order valence-corrected chi connectivity index (χ3v) is 7.09. The standard InChI is InChI=1S/C26H28FN3O5S/c1-3-4-17-28-26(32)21-9-5-7-11-23(21)29-25(31)18-30(24-12-8-6-10-22(24)27)36(33,34)20-15-13-19(35-2)14-16-20/h5-16H,3-4,17-18H2,1-2H3,(H,28,32)(H,29,31). The maximum Gasteiger partial charge on any atom is 0.264 e. The summed E-state index contributed by atoms with van der Waals surface area (Å²) in [6, 6.07) is 17.2. The summed E-state index contributed by atoms with van der Waals surface area (Å²) in [5, 5.41) is 5.38. The molecule has 0 saturated carbocycles. The predicted molar refractivity (Wildman–Crippen MR) is 136 cm³/mol. The number of ether oxygens (including phenoxy) is 1. The first-order valence-corrected chi connectivity index (χ1v) is 12.8. The Kier molecular flexibility index (Phi) is 9.02. The average Bonchev–Trinajstić information content (AvgIpc) is 2.88. The maximum absolute atomic E-state index is 14.7. The first-order valence-electron chi connectivity index (χ1n) is 11.4. The molecule has 190 valence electrons. The zero-order chi connectivity index (χ0) is 26.1. The molecule has 3 aromatic rings. The molecule has 0 atom stereocenters. The molecule has 0 aromatic heterocycles. The van der Waals surface area contributed by atoms with Gasteiger partial charge in [0.15, 0.2) is 0 Å². The van der Waals surface area contributed by atoms with Crippen LogP contribution in [0.3, 0.4) is 0 Å². The van der Waals surface area contributed by atoms with Crippen molar-refractivity contribution in [2.75, 3.05) is 29.8 Å². The van der Waals surface area contributed by atoms with Gasteiger partial charge in [0.1, 0.15) is 18.1 Å². The number of benzene rings is 3. The second-order valence-electron chi connectivity index (χ2n) is 7.84. The first-order chi connectivity index (χ1) is 17.3. The van der Waals surface area contributed by atoms with Gasteiger partial charge < -0.3 is 15.4 Å². The zero-order valence-electron chi connectivity index (χ0n) is 20.0. The number of halogens is 1. The van der Waals surface area contributed by atoms with Gasteiger partial charge >= 0.3 is 0 Å². The van der Waals surface area contributed by atoms with E-state index < -0.39 is 28.3 Å². The van der Waals surface area contributed by atoms with E-state index in [1.807, 2.05) is 6.92 Å². The third-order valence-electron chi connectivity index (χ3n) is 5.32. The molecule has 0 bridgehead atoms. The van der Waals surface area contributed by atoms with Crippen molar-refractivity contribution in [2.45, 2.75) is 24.7 Å². The Bertz CT molecular complexity index is 1310. The van der Waals surface area contributed by atoms with E-state index in [1.165, 1.54) is 55.6 Å². The Morgan fingerprint density at radius 2 is 1.64 bits per heavy atom. The van der Waals surface area contributed by atoms with Crippen molar-refractivity contribution < 1.29 is 27.1 Å². The minimum Gasteiger partial charge on any atom is -0.497 e. The van der Waals surface area contributed by atoms with Gasteiger partial charge in [0.05, 0.1) is 28.9 Å². The minimum atomic E-state index is -4.33. The number of amides is 2. The lowest BCUT2D eigenvalue weighted by Gasteiger charge is -2.24. The van der Waals surface area contributed by atoms with Crippen LogP contribution in [0.5, 0.6) is 5.75 Å². The lowest BCUT2D eigenvalue weighted by atomic mass is 10.1. The van der Waals surface area contributed by atoms with Crippen molar-refractivity contribution >= 4 is 33.2 Å². The Morgan fingerprint density at radius 1 is 0.972 bits per heavy atom. The highest BCUT2D eigenvalue weighted by molar-refractivity contribution is 7.92. The molecule has 0 saturated heterocycles. The number of nitrogens with one attached hydrogen (secondary N) is 2. The van der Waals surface area contributed by atoms with Crippen molar-refractivity contribution in [3.05, 3.63) is 84.2 Å². The smallest absolute Gasteiger partial charge is 0.264 e. The fraction of sp³-hybridized carbons (Fsp3) is 0.231. The summed E-state index contributed by atoms with van der Waals surface area (Å²) in [5.41, 5.74) is 0.165. The molecule has 3 aromatic carbocycles. The monoisotopic (exact) mass is 513 g/mol. The van der Waals surface area contributed by atoms with Crippen molar-refractivity contribution in [1.82, 2.24) is 5.32 Å². The molecular weight excluding hydrogens is 485 g/mol. The highest BCUT2D eigenvalue weighted by Crippen LogP contribution is 2.27. The average molecular weight is 514 g/mol. The number of anilines is 2. The van der Waals surface area contributed by atoms with E-state index in [4.69, 9.17) is 4.74 Å². The Balaban J connectivity index is 1.90. The van der Waals surface area contributed by atoms with Crippen molar-refractivity contribution in [2.24, 2.45) is 0 Å². The summed E-state index contributed by atoms with van der Waals surface area (Å²) in [5.74, 6) is -1.48. The van der Waals surface area contributed by atoms with Gasteiger partial charge in [-0.05, 0) is 55.0 Å². The molecule has 0 heterocycles. The van der Waals surface area contributed by atoms with Gasteiger partial charge in [0.25, 0.3) is 15.9 Å². The van der Waals surface area contributed by atoms with Gasteiger partial charge in [-0.3, -0.25) is 13.9 Å². The lowest BCUT2D eigenvalue weighted by molar-refractivity contribution is -0.114. The van der Waals surface area contributed by atoms with E-state index >= 15 is 0 Å². The molecule has 0 aliphatic carbocycles. The van der Waals surface area contributed by atoms with Crippen LogP contribution in [0.4, 0.5) is 15.8 Å². The molecule has 0 unspecified atom stereocenters. The van der Waals surface area contributed by atoms with E-state index in [0.717, 1.165) is 18.9 Å². The van der Waals surface area contributed by atoms with E-state index in [0.29, 0.717) is 16.6 Å². The molecule has 2 N–H and O–H groups in total. The number of methoxy groups -OCH3 is 1. The van der Waals surface area contributed by atoms with Crippen LogP contribution in [-0.4, -0.2) is 40.4 Å². The van der Waals surface area contributed by atoms with Crippen molar-refractivity contribution in [3.8, 4) is 5.75 Å². The Morgan fingerprint density at radius 3 is 2.31 bits per heavy atom. The SMILES string of the molecule is CCCCNC(=O)c1ccccc1NC(=O)CN(c1ccccc1F)S(=O)(=O)c1ccc(OC)cc1. The zero-order valence-corrected chi connectivity index (χ0v) is 20.8. The van der Waals surface area contributed by atoms with Crippen LogP contribution in [0.1, 0.15) is 30.1 Å². The van der Waals surface area contributed by atoms with Gasteiger partial charge in [0, 0.05) is 6.54 Å². The lowest BCUT2D eigenvalue weighted by Crippen LogP contribution is -2.39. The van der Waals surface area contributed by atoms with Crippen LogP contribution in [0.25, 0.3) is 0 Å². The molecule has 36 heavy (non-hydrogen) atoms. The summed E-state index contributed by atoms with van der Waals surface area (Å²) in [7, 11) is -2.89. The van der Waals surface area contributed by atoms with Gasteiger partial charge in [-0.1, -0.05) is 37.6 Å². The van der Waals surface area contributed by atoms with Crippen LogP contribution in [-0.2, 0) is 14.8 Å². The van der Waals surface area contributed by atoms with Gasteiger partial charge in [-0.15, -0.1) is 0 Å². The van der Waals surface area contributed by atoms with E-state index in [-0.39, 0.29) is 27.7 Å². The van der Waals surface area contributed by atoms with E-state index in [9.17, 15) is 22.4 Å². The molecular formula is C26H28FN3O5S. The molecule has 2 amide bonds. The number of carbonyl (C=O) groups excluding carboxylic acids is 2. The largest absolute Gasteiger partial charge is 0.497 e. The van der Waals surface area contributed by atoms with Crippen LogP contribution in [0, 0.1) is 5.82 Å². The van der Waals surface area contributed by atoms with Crippen LogP contribution < -0.4 is 19.7 Å². The van der Waals surface area contributed by atoms with Crippen LogP contribution >= 0.6 is 0 Å². The first kappa shape index (κ1) is 26.7. The molecule has 10 heteroatoms. The van der Waals surface area contributed by atoms with Crippen molar-refractivity contribution in [1.29, 1.82) is 0 Å². The Hall–Kier alpha value is -3.92. The molecule has 3 rings (SSSR count). The number of unbranched alkanes of at least 4 members (excludes halogenated alkanes) is 1. The second-order valence-corrected chi connectivity index (χ2v) is 9.70. The summed E-state index contributed by atoms with van der Waals surface area (Å²) < 4.78 is 47.4. The number of sulfonamides is 1. The number of para-hydroxylation sites is 2. The van der Waals surface area contributed by atoms with Crippen LogP contribution in [0.2, 0.25) is 0 Å². The summed E-state index contributed by atoms with van der Waals surface area (Å²) in [6.07, 6.45) is 1.72. The highest BCUT2D eigenvalue weighted by Gasteiger charge is 2.29. The van der Waals surface area contributed by atoms with E-state index in [1.54, 1.807) is 18.2 Å². The van der Waals surface area contributed by atoms with Gasteiger partial charge in [0.2, 0.25) is 5.91 Å². The third kappa shape index (κ3) is 6.39. The molecule has 8 nitrogen and oxygen atoms in total. The van der Waals surface area contributed by atoms with E-state index in [2.05, 4.69) is 10.6 Å². The molecule has 0 spiro atoms. The molecule has 0 fully saturated rings. The molecule has 0 aliphatic rings. The topological polar surface area (TPSA) is 105 Å². The fourth-order valence-corrected chi connectivity index (χ4v) is 4.84. The second kappa shape index (κ2) is 12.2. The maximum atomic E-state index is 14.7. The molecule has 0 radical (unpaired) electrons. The normalized spacial score (nSPS) is 11.0. The van der Waals surface area contributed by atoms with Gasteiger partial charge in [-0.2, -0.15) is 0 Å². The minimum absolute atomic E-state index is 0.143. The number of hydrogen-bond acceptors (Lipinski definition) is 5. The Labute approximate surface area is 210 Å². The number of nitrogens with zero attached hydrogens (tertiary/aromatic N) is 1. The summed E-state index contributed by atoms with van der Waals surface area (Å²) in [4.78, 5) is 25.5. The number of hydrogen-bond donors (Lipinski definition) is 2. The quantitative estimate of drug-likeness (QED) is 0.374. The number of carbonyl (C=O) groups is 2. The number of rotatable bonds is 11.